The smallest absolute Gasteiger partial charge is 0.342 e. The molecule has 132 valence electrons. The quantitative estimate of drug-likeness (QED) is 0.723. The second kappa shape index (κ2) is 6.26. The first-order valence-electron chi connectivity index (χ1n) is 8.29. The van der Waals surface area contributed by atoms with Gasteiger partial charge in [0.15, 0.2) is 0 Å². The monoisotopic (exact) mass is 350 g/mol. The highest BCUT2D eigenvalue weighted by Crippen LogP contribution is 2.47. The summed E-state index contributed by atoms with van der Waals surface area (Å²) in [6.07, 6.45) is 0.231. The topological polar surface area (TPSA) is 65.0 Å². The summed E-state index contributed by atoms with van der Waals surface area (Å²) in [6.45, 7) is 0. The van der Waals surface area contributed by atoms with Crippen LogP contribution in [0.15, 0.2) is 48.5 Å². The van der Waals surface area contributed by atoms with Crippen molar-refractivity contribution in [3.05, 3.63) is 65.2 Å². The molecule has 0 bridgehead atoms. The third kappa shape index (κ3) is 2.44. The highest BCUT2D eigenvalue weighted by Gasteiger charge is 2.33. The number of rotatable bonds is 3. The predicted octanol–water partition coefficient (Wildman–Crippen LogP) is 4.02. The van der Waals surface area contributed by atoms with Gasteiger partial charge in [-0.3, -0.25) is 0 Å². The van der Waals surface area contributed by atoms with Gasteiger partial charge in [-0.05, 0) is 17.7 Å². The summed E-state index contributed by atoms with van der Waals surface area (Å²) in [4.78, 5) is 12.3. The fourth-order valence-corrected chi connectivity index (χ4v) is 3.47. The van der Waals surface area contributed by atoms with Crippen molar-refractivity contribution in [1.82, 2.24) is 0 Å². The van der Waals surface area contributed by atoms with Gasteiger partial charge < -0.3 is 19.3 Å². The van der Waals surface area contributed by atoms with Crippen LogP contribution in [-0.4, -0.2) is 25.3 Å². The molecule has 5 nitrogen and oxygen atoms in total. The van der Waals surface area contributed by atoms with Crippen LogP contribution in [0.1, 0.15) is 27.6 Å². The first kappa shape index (κ1) is 16.3. The van der Waals surface area contributed by atoms with Crippen molar-refractivity contribution in [3.8, 4) is 17.2 Å². The summed E-state index contributed by atoms with van der Waals surface area (Å²) in [5.41, 5.74) is 1.83. The molecule has 1 N–H and O–H groups in total. The number of benzene rings is 3. The molecule has 0 saturated heterocycles. The summed E-state index contributed by atoms with van der Waals surface area (Å²) >= 11 is 0. The summed E-state index contributed by atoms with van der Waals surface area (Å²) in [7, 11) is 2.93. The second-order valence-corrected chi connectivity index (χ2v) is 6.15. The number of fused-ring (bicyclic) bond motifs is 3. The van der Waals surface area contributed by atoms with Crippen LogP contribution >= 0.6 is 0 Å². The van der Waals surface area contributed by atoms with Crippen LogP contribution in [0, 0.1) is 0 Å². The van der Waals surface area contributed by atoms with Gasteiger partial charge in [0.05, 0.1) is 14.2 Å². The lowest BCUT2D eigenvalue weighted by atomic mass is 9.95. The minimum absolute atomic E-state index is 0.0646. The van der Waals surface area contributed by atoms with E-state index >= 15 is 0 Å². The molecule has 0 aliphatic carbocycles. The van der Waals surface area contributed by atoms with Gasteiger partial charge in [0, 0.05) is 22.8 Å². The first-order chi connectivity index (χ1) is 12.6. The lowest BCUT2D eigenvalue weighted by molar-refractivity contribution is 0.0596. The van der Waals surface area contributed by atoms with Gasteiger partial charge in [-0.1, -0.05) is 36.4 Å². The fourth-order valence-electron chi connectivity index (χ4n) is 3.47. The molecule has 5 heteroatoms. The molecule has 1 aliphatic rings. The number of esters is 1. The van der Waals surface area contributed by atoms with Gasteiger partial charge in [0.1, 0.15) is 28.9 Å². The Balaban J connectivity index is 1.85. The molecule has 3 aromatic rings. The minimum Gasteiger partial charge on any atom is -0.506 e. The van der Waals surface area contributed by atoms with Crippen molar-refractivity contribution in [2.24, 2.45) is 0 Å². The van der Waals surface area contributed by atoms with Crippen LogP contribution in [-0.2, 0) is 11.2 Å². The van der Waals surface area contributed by atoms with Crippen LogP contribution in [0.4, 0.5) is 0 Å². The molecule has 1 atom stereocenters. The number of hydrogen-bond acceptors (Lipinski definition) is 5. The van der Waals surface area contributed by atoms with E-state index in [1.807, 2.05) is 42.5 Å². The van der Waals surface area contributed by atoms with Gasteiger partial charge in [0.2, 0.25) is 0 Å². The van der Waals surface area contributed by atoms with E-state index in [1.54, 1.807) is 13.2 Å². The zero-order chi connectivity index (χ0) is 18.3. The number of methoxy groups -OCH3 is 2. The van der Waals surface area contributed by atoms with Crippen molar-refractivity contribution < 1.29 is 24.1 Å². The predicted molar refractivity (Wildman–Crippen MR) is 97.0 cm³/mol. The molecular formula is C21H18O5. The van der Waals surface area contributed by atoms with E-state index < -0.39 is 5.97 Å². The van der Waals surface area contributed by atoms with E-state index in [0.717, 1.165) is 16.7 Å². The van der Waals surface area contributed by atoms with E-state index in [-0.39, 0.29) is 17.4 Å². The number of hydrogen-bond donors (Lipinski definition) is 1. The minimum atomic E-state index is -0.566. The molecule has 1 heterocycles. The average Bonchev–Trinajstić information content (AvgIpc) is 3.13. The van der Waals surface area contributed by atoms with E-state index in [1.165, 1.54) is 7.11 Å². The van der Waals surface area contributed by atoms with Crippen LogP contribution in [0.5, 0.6) is 17.2 Å². The maximum Gasteiger partial charge on any atom is 0.342 e. The Morgan fingerprint density at radius 3 is 2.42 bits per heavy atom. The molecule has 0 aromatic heterocycles. The van der Waals surface area contributed by atoms with Crippen molar-refractivity contribution in [2.45, 2.75) is 12.5 Å². The molecule has 26 heavy (non-hydrogen) atoms. The van der Waals surface area contributed by atoms with Gasteiger partial charge in [0.25, 0.3) is 0 Å². The summed E-state index contributed by atoms with van der Waals surface area (Å²) in [6, 6.07) is 15.0. The second-order valence-electron chi connectivity index (χ2n) is 6.15. The Hall–Kier alpha value is -3.21. The molecular weight excluding hydrogens is 332 g/mol. The number of ether oxygens (including phenoxy) is 3. The largest absolute Gasteiger partial charge is 0.506 e. The Kier molecular flexibility index (Phi) is 3.92. The standard InChI is InChI=1S/C21H18O5/c1-24-13-9-7-12(8-10-13)17-11-16-18(21(23)25-2)19(22)14-5-3-4-6-15(14)20(16)26-17/h3-10,17,22H,11H2,1-2H3. The fraction of sp³-hybridized carbons (Fsp3) is 0.190. The normalized spacial score (nSPS) is 15.4. The zero-order valence-corrected chi connectivity index (χ0v) is 14.5. The van der Waals surface area contributed by atoms with E-state index in [2.05, 4.69) is 0 Å². The molecule has 0 radical (unpaired) electrons. The number of carbonyl (C=O) groups is 1. The molecule has 1 aliphatic heterocycles. The lowest BCUT2D eigenvalue weighted by Crippen LogP contribution is -2.06. The maximum atomic E-state index is 12.3. The van der Waals surface area contributed by atoms with Crippen LogP contribution < -0.4 is 9.47 Å². The number of phenols is 1. The Bertz CT molecular complexity index is 991. The van der Waals surface area contributed by atoms with Crippen LogP contribution in [0.3, 0.4) is 0 Å². The summed E-state index contributed by atoms with van der Waals surface area (Å²) in [5.74, 6) is 0.760. The van der Waals surface area contributed by atoms with Gasteiger partial charge >= 0.3 is 5.97 Å². The van der Waals surface area contributed by atoms with Gasteiger partial charge in [-0.15, -0.1) is 0 Å². The Morgan fingerprint density at radius 1 is 1.08 bits per heavy atom. The van der Waals surface area contributed by atoms with E-state index in [9.17, 15) is 9.90 Å². The molecule has 0 spiro atoms. The molecule has 3 aromatic carbocycles. The first-order valence-corrected chi connectivity index (χ1v) is 8.29. The highest BCUT2D eigenvalue weighted by atomic mass is 16.5. The summed E-state index contributed by atoms with van der Waals surface area (Å²) in [5, 5.41) is 12.0. The lowest BCUT2D eigenvalue weighted by Gasteiger charge is -2.13. The molecule has 0 saturated carbocycles. The van der Waals surface area contributed by atoms with Crippen LogP contribution in [0.2, 0.25) is 0 Å². The molecule has 0 fully saturated rings. The van der Waals surface area contributed by atoms with Gasteiger partial charge in [-0.2, -0.15) is 0 Å². The zero-order valence-electron chi connectivity index (χ0n) is 14.5. The van der Waals surface area contributed by atoms with Crippen LogP contribution in [0.25, 0.3) is 10.8 Å². The average molecular weight is 350 g/mol. The van der Waals surface area contributed by atoms with Crippen molar-refractivity contribution >= 4 is 16.7 Å². The van der Waals surface area contributed by atoms with E-state index in [4.69, 9.17) is 14.2 Å². The SMILES string of the molecule is COC(=O)c1c2c(c3ccccc3c1O)OC(c1ccc(OC)cc1)C2. The third-order valence-corrected chi connectivity index (χ3v) is 4.77. The number of aromatic hydroxyl groups is 1. The maximum absolute atomic E-state index is 12.3. The summed E-state index contributed by atoms with van der Waals surface area (Å²) < 4.78 is 16.3. The van der Waals surface area contributed by atoms with Crippen molar-refractivity contribution in [2.75, 3.05) is 14.2 Å². The van der Waals surface area contributed by atoms with Crippen molar-refractivity contribution in [3.63, 3.8) is 0 Å². The number of carbonyl (C=O) groups excluding carboxylic acids is 1. The Morgan fingerprint density at radius 2 is 1.77 bits per heavy atom. The number of phenolic OH excluding ortho intramolecular Hbond substituents is 1. The molecule has 1 unspecified atom stereocenters. The molecule has 4 rings (SSSR count). The Labute approximate surface area is 150 Å². The third-order valence-electron chi connectivity index (χ3n) is 4.77. The van der Waals surface area contributed by atoms with Gasteiger partial charge in [-0.25, -0.2) is 4.79 Å². The van der Waals surface area contributed by atoms with Crippen molar-refractivity contribution in [1.29, 1.82) is 0 Å². The molecule has 0 amide bonds. The highest BCUT2D eigenvalue weighted by molar-refractivity contribution is 6.06. The van der Waals surface area contributed by atoms with E-state index in [0.29, 0.717) is 23.1 Å².